The summed E-state index contributed by atoms with van der Waals surface area (Å²) in [6.45, 7) is 5.06. The van der Waals surface area contributed by atoms with Crippen LogP contribution in [0.4, 0.5) is 10.1 Å². The molecule has 0 bridgehead atoms. The predicted octanol–water partition coefficient (Wildman–Crippen LogP) is 1.50. The van der Waals surface area contributed by atoms with Crippen LogP contribution in [0.1, 0.15) is 20.8 Å². The van der Waals surface area contributed by atoms with Gasteiger partial charge in [-0.05, 0) is 45.0 Å². The summed E-state index contributed by atoms with van der Waals surface area (Å²) in [6.07, 6.45) is 1.01. The molecule has 0 aliphatic carbocycles. The number of rotatable bonds is 5. The van der Waals surface area contributed by atoms with Crippen molar-refractivity contribution >= 4 is 21.6 Å². The zero-order valence-corrected chi connectivity index (χ0v) is 12.7. The third kappa shape index (κ3) is 4.19. The Morgan fingerprint density at radius 1 is 1.20 bits per heavy atom. The Kier molecular flexibility index (Phi) is 5.10. The number of hydrogen-bond donors (Lipinski definition) is 1. The molecule has 1 aromatic rings. The van der Waals surface area contributed by atoms with E-state index in [2.05, 4.69) is 5.32 Å². The van der Waals surface area contributed by atoms with Crippen molar-refractivity contribution in [1.82, 2.24) is 5.32 Å². The van der Waals surface area contributed by atoms with Gasteiger partial charge in [0.2, 0.25) is 15.9 Å². The summed E-state index contributed by atoms with van der Waals surface area (Å²) in [4.78, 5) is 12.0. The fraction of sp³-hybridized carbons (Fsp3) is 0.462. The van der Waals surface area contributed by atoms with Crippen molar-refractivity contribution in [3.8, 4) is 0 Å². The van der Waals surface area contributed by atoms with Gasteiger partial charge in [-0.3, -0.25) is 9.10 Å². The lowest BCUT2D eigenvalue weighted by Crippen LogP contribution is -2.49. The molecule has 7 heteroatoms. The molecular formula is C13H19FN2O3S. The van der Waals surface area contributed by atoms with Crippen LogP contribution in [0.15, 0.2) is 24.3 Å². The van der Waals surface area contributed by atoms with Gasteiger partial charge in [0.15, 0.2) is 0 Å². The van der Waals surface area contributed by atoms with E-state index < -0.39 is 27.8 Å². The Labute approximate surface area is 118 Å². The lowest BCUT2D eigenvalue weighted by atomic mass is 10.2. The minimum absolute atomic E-state index is 0.0976. The number of hydrogen-bond acceptors (Lipinski definition) is 3. The van der Waals surface area contributed by atoms with Gasteiger partial charge in [0.1, 0.15) is 11.9 Å². The minimum atomic E-state index is -3.66. The van der Waals surface area contributed by atoms with E-state index in [4.69, 9.17) is 0 Å². The molecule has 0 aliphatic heterocycles. The van der Waals surface area contributed by atoms with E-state index in [1.165, 1.54) is 19.1 Å². The van der Waals surface area contributed by atoms with Crippen LogP contribution < -0.4 is 9.62 Å². The van der Waals surface area contributed by atoms with Crippen LogP contribution >= 0.6 is 0 Å². The molecule has 0 saturated carbocycles. The standard InChI is InChI=1S/C13H19FN2O3S/c1-9(2)15-13(17)10(3)16(20(4,18)19)12-7-5-11(14)6-8-12/h5-10H,1-4H3,(H,15,17). The Morgan fingerprint density at radius 3 is 2.10 bits per heavy atom. The van der Waals surface area contributed by atoms with E-state index in [-0.39, 0.29) is 11.7 Å². The van der Waals surface area contributed by atoms with Crippen molar-refractivity contribution < 1.29 is 17.6 Å². The van der Waals surface area contributed by atoms with Gasteiger partial charge in [0.05, 0.1) is 11.9 Å². The quantitative estimate of drug-likeness (QED) is 0.896. The molecular weight excluding hydrogens is 283 g/mol. The van der Waals surface area contributed by atoms with Gasteiger partial charge in [-0.1, -0.05) is 0 Å². The van der Waals surface area contributed by atoms with E-state index in [1.807, 2.05) is 0 Å². The molecule has 0 saturated heterocycles. The van der Waals surface area contributed by atoms with Gasteiger partial charge in [-0.25, -0.2) is 12.8 Å². The van der Waals surface area contributed by atoms with Gasteiger partial charge < -0.3 is 5.32 Å². The Morgan fingerprint density at radius 2 is 1.70 bits per heavy atom. The fourth-order valence-corrected chi connectivity index (χ4v) is 2.98. The van der Waals surface area contributed by atoms with E-state index in [0.29, 0.717) is 0 Å². The SMILES string of the molecule is CC(C)NC(=O)C(C)N(c1ccc(F)cc1)S(C)(=O)=O. The number of carbonyl (C=O) groups excluding carboxylic acids is 1. The van der Waals surface area contributed by atoms with Gasteiger partial charge >= 0.3 is 0 Å². The zero-order valence-electron chi connectivity index (χ0n) is 11.9. The first-order valence-electron chi connectivity index (χ1n) is 6.18. The summed E-state index contributed by atoms with van der Waals surface area (Å²) >= 11 is 0. The maximum absolute atomic E-state index is 12.9. The van der Waals surface area contributed by atoms with Crippen LogP contribution in [0, 0.1) is 5.82 Å². The number of anilines is 1. The molecule has 0 radical (unpaired) electrons. The topological polar surface area (TPSA) is 66.5 Å². The molecule has 0 aliphatic rings. The number of carbonyl (C=O) groups is 1. The molecule has 0 spiro atoms. The highest BCUT2D eigenvalue weighted by molar-refractivity contribution is 7.92. The predicted molar refractivity (Wildman–Crippen MR) is 76.5 cm³/mol. The molecule has 1 aromatic carbocycles. The first kappa shape index (κ1) is 16.4. The number of amides is 1. The number of halogens is 1. The largest absolute Gasteiger partial charge is 0.352 e. The summed E-state index contributed by atoms with van der Waals surface area (Å²) in [5.41, 5.74) is 0.250. The van der Waals surface area contributed by atoms with E-state index >= 15 is 0 Å². The molecule has 1 amide bonds. The minimum Gasteiger partial charge on any atom is -0.352 e. The Balaban J connectivity index is 3.14. The highest BCUT2D eigenvalue weighted by Gasteiger charge is 2.29. The van der Waals surface area contributed by atoms with Crippen molar-refractivity contribution in [1.29, 1.82) is 0 Å². The Hall–Kier alpha value is -1.63. The Bertz CT molecular complexity index is 570. The normalized spacial score (nSPS) is 13.1. The van der Waals surface area contributed by atoms with Crippen molar-refractivity contribution in [3.05, 3.63) is 30.1 Å². The van der Waals surface area contributed by atoms with Crippen molar-refractivity contribution in [2.24, 2.45) is 0 Å². The molecule has 0 aromatic heterocycles. The average Bonchev–Trinajstić information content (AvgIpc) is 2.29. The van der Waals surface area contributed by atoms with Crippen LogP contribution in [0.5, 0.6) is 0 Å². The van der Waals surface area contributed by atoms with Crippen LogP contribution in [0.2, 0.25) is 0 Å². The summed E-state index contributed by atoms with van der Waals surface area (Å²) in [5.74, 6) is -0.878. The zero-order chi connectivity index (χ0) is 15.5. The van der Waals surface area contributed by atoms with E-state index in [9.17, 15) is 17.6 Å². The molecule has 20 heavy (non-hydrogen) atoms. The monoisotopic (exact) mass is 302 g/mol. The smallest absolute Gasteiger partial charge is 0.243 e. The molecule has 1 rings (SSSR count). The molecule has 112 valence electrons. The number of nitrogens with zero attached hydrogens (tertiary/aromatic N) is 1. The fourth-order valence-electron chi connectivity index (χ4n) is 1.80. The first-order chi connectivity index (χ1) is 9.12. The van der Waals surface area contributed by atoms with Crippen molar-refractivity contribution in [3.63, 3.8) is 0 Å². The summed E-state index contributed by atoms with van der Waals surface area (Å²) in [7, 11) is -3.66. The molecule has 0 heterocycles. The third-order valence-corrected chi connectivity index (χ3v) is 3.84. The molecule has 1 unspecified atom stereocenters. The second-order valence-electron chi connectivity index (χ2n) is 4.87. The average molecular weight is 302 g/mol. The summed E-state index contributed by atoms with van der Waals surface area (Å²) in [6, 6.07) is 3.95. The second kappa shape index (κ2) is 6.21. The van der Waals surface area contributed by atoms with Crippen LogP contribution in [0.25, 0.3) is 0 Å². The third-order valence-electron chi connectivity index (χ3n) is 2.60. The lowest BCUT2D eigenvalue weighted by Gasteiger charge is -2.28. The number of benzene rings is 1. The van der Waals surface area contributed by atoms with Crippen LogP contribution in [-0.4, -0.2) is 32.7 Å². The van der Waals surface area contributed by atoms with E-state index in [1.54, 1.807) is 13.8 Å². The highest BCUT2D eigenvalue weighted by Crippen LogP contribution is 2.21. The maximum Gasteiger partial charge on any atom is 0.243 e. The lowest BCUT2D eigenvalue weighted by molar-refractivity contribution is -0.122. The number of nitrogens with one attached hydrogen (secondary N) is 1. The maximum atomic E-state index is 12.9. The first-order valence-corrected chi connectivity index (χ1v) is 8.03. The highest BCUT2D eigenvalue weighted by atomic mass is 32.2. The van der Waals surface area contributed by atoms with Gasteiger partial charge in [-0.2, -0.15) is 0 Å². The van der Waals surface area contributed by atoms with Crippen molar-refractivity contribution in [2.45, 2.75) is 32.9 Å². The van der Waals surface area contributed by atoms with E-state index in [0.717, 1.165) is 22.7 Å². The molecule has 0 fully saturated rings. The van der Waals surface area contributed by atoms with Crippen LogP contribution in [0.3, 0.4) is 0 Å². The van der Waals surface area contributed by atoms with Gasteiger partial charge in [-0.15, -0.1) is 0 Å². The molecule has 1 atom stereocenters. The molecule has 1 N–H and O–H groups in total. The van der Waals surface area contributed by atoms with Crippen molar-refractivity contribution in [2.75, 3.05) is 10.6 Å². The van der Waals surface area contributed by atoms with Crippen LogP contribution in [-0.2, 0) is 14.8 Å². The number of sulfonamides is 1. The van der Waals surface area contributed by atoms with Gasteiger partial charge in [0.25, 0.3) is 0 Å². The second-order valence-corrected chi connectivity index (χ2v) is 6.73. The summed E-state index contributed by atoms with van der Waals surface area (Å²) in [5, 5.41) is 2.66. The van der Waals surface area contributed by atoms with Gasteiger partial charge in [0, 0.05) is 6.04 Å². The summed E-state index contributed by atoms with van der Waals surface area (Å²) < 4.78 is 37.7. The molecule has 5 nitrogen and oxygen atoms in total.